The zero-order chi connectivity index (χ0) is 15.7. The van der Waals surface area contributed by atoms with E-state index in [1.165, 1.54) is 0 Å². The van der Waals surface area contributed by atoms with Crippen LogP contribution in [-0.2, 0) is 0 Å². The van der Waals surface area contributed by atoms with Gasteiger partial charge in [0.05, 0.1) is 16.8 Å². The van der Waals surface area contributed by atoms with Gasteiger partial charge in [-0.05, 0) is 36.4 Å². The molecule has 22 heavy (non-hydrogen) atoms. The summed E-state index contributed by atoms with van der Waals surface area (Å²) >= 11 is 9.31. The van der Waals surface area contributed by atoms with Crippen molar-refractivity contribution in [3.63, 3.8) is 0 Å². The van der Waals surface area contributed by atoms with Crippen LogP contribution in [0.15, 0.2) is 53.0 Å². The maximum Gasteiger partial charge on any atom is 0.265 e. The van der Waals surface area contributed by atoms with Crippen LogP contribution in [0, 0.1) is 0 Å². The molecule has 4 nitrogen and oxygen atoms in total. The molecular weight excluding hydrogens is 366 g/mol. The number of rotatable bonds is 2. The summed E-state index contributed by atoms with van der Waals surface area (Å²) in [5, 5.41) is 1.38. The van der Waals surface area contributed by atoms with Crippen molar-refractivity contribution in [3.05, 3.63) is 63.6 Å². The summed E-state index contributed by atoms with van der Waals surface area (Å²) in [6, 6.07) is 14.6. The summed E-state index contributed by atoms with van der Waals surface area (Å²) in [7, 11) is 0. The first-order valence-electron chi connectivity index (χ1n) is 6.45. The number of carbonyl (C=O) groups is 1. The standard InChI is InChI=1S/C16H11BrClN3O/c17-10-3-6-14-12(7-10)13(16(22)21-19)8-15(20-14)9-1-4-11(18)5-2-9/h1-8H,19H2,(H,21,22). The van der Waals surface area contributed by atoms with E-state index < -0.39 is 0 Å². The molecule has 3 N–H and O–H groups in total. The van der Waals surface area contributed by atoms with Gasteiger partial charge in [0.25, 0.3) is 5.91 Å². The second kappa shape index (κ2) is 6.04. The Balaban J connectivity index is 2.26. The van der Waals surface area contributed by atoms with Crippen molar-refractivity contribution < 1.29 is 4.79 Å². The van der Waals surface area contributed by atoms with Crippen LogP contribution in [-0.4, -0.2) is 10.9 Å². The third-order valence-electron chi connectivity index (χ3n) is 3.29. The normalized spacial score (nSPS) is 10.7. The summed E-state index contributed by atoms with van der Waals surface area (Å²) < 4.78 is 0.868. The number of nitrogens with zero attached hydrogens (tertiary/aromatic N) is 1. The number of benzene rings is 2. The van der Waals surface area contributed by atoms with E-state index in [4.69, 9.17) is 17.4 Å². The Labute approximate surface area is 140 Å². The van der Waals surface area contributed by atoms with E-state index in [0.717, 1.165) is 15.4 Å². The SMILES string of the molecule is NNC(=O)c1cc(-c2ccc(Cl)cc2)nc2ccc(Br)cc12. The van der Waals surface area contributed by atoms with Gasteiger partial charge in [-0.25, -0.2) is 10.8 Å². The van der Waals surface area contributed by atoms with Gasteiger partial charge in [-0.1, -0.05) is 39.7 Å². The number of aromatic nitrogens is 1. The van der Waals surface area contributed by atoms with Crippen molar-refractivity contribution in [2.45, 2.75) is 0 Å². The molecule has 2 aromatic carbocycles. The van der Waals surface area contributed by atoms with Crippen molar-refractivity contribution in [3.8, 4) is 11.3 Å². The third kappa shape index (κ3) is 2.83. The monoisotopic (exact) mass is 375 g/mol. The number of pyridine rings is 1. The lowest BCUT2D eigenvalue weighted by Crippen LogP contribution is -2.30. The van der Waals surface area contributed by atoms with Crippen LogP contribution < -0.4 is 11.3 Å². The first kappa shape index (κ1) is 15.0. The molecule has 6 heteroatoms. The van der Waals surface area contributed by atoms with Gasteiger partial charge in [0.2, 0.25) is 0 Å². The van der Waals surface area contributed by atoms with Gasteiger partial charge in [0, 0.05) is 20.4 Å². The highest BCUT2D eigenvalue weighted by Gasteiger charge is 2.13. The summed E-state index contributed by atoms with van der Waals surface area (Å²) in [5.74, 6) is 4.93. The van der Waals surface area contributed by atoms with Gasteiger partial charge in [0.1, 0.15) is 0 Å². The van der Waals surface area contributed by atoms with E-state index in [9.17, 15) is 4.79 Å². The smallest absolute Gasteiger partial charge is 0.265 e. The summed E-state index contributed by atoms with van der Waals surface area (Å²) in [6.45, 7) is 0. The van der Waals surface area contributed by atoms with Gasteiger partial charge in [-0.2, -0.15) is 0 Å². The second-order valence-corrected chi connectivity index (χ2v) is 6.05. The largest absolute Gasteiger partial charge is 0.290 e. The molecule has 3 rings (SSSR count). The molecule has 0 bridgehead atoms. The number of fused-ring (bicyclic) bond motifs is 1. The molecule has 0 aliphatic carbocycles. The van der Waals surface area contributed by atoms with Gasteiger partial charge >= 0.3 is 0 Å². The van der Waals surface area contributed by atoms with Crippen LogP contribution >= 0.6 is 27.5 Å². The first-order valence-corrected chi connectivity index (χ1v) is 7.63. The Morgan fingerprint density at radius 2 is 1.86 bits per heavy atom. The zero-order valence-corrected chi connectivity index (χ0v) is 13.6. The zero-order valence-electron chi connectivity index (χ0n) is 11.3. The quantitative estimate of drug-likeness (QED) is 0.405. The number of halogens is 2. The van der Waals surface area contributed by atoms with Crippen molar-refractivity contribution in [2.75, 3.05) is 0 Å². The highest BCUT2D eigenvalue weighted by Crippen LogP contribution is 2.27. The predicted octanol–water partition coefficient (Wildman–Crippen LogP) is 3.92. The molecule has 1 aromatic heterocycles. The van der Waals surface area contributed by atoms with E-state index in [1.807, 2.05) is 30.3 Å². The van der Waals surface area contributed by atoms with Crippen LogP contribution in [0.25, 0.3) is 22.2 Å². The number of hydrogen-bond acceptors (Lipinski definition) is 3. The van der Waals surface area contributed by atoms with Crippen molar-refractivity contribution in [1.82, 2.24) is 10.4 Å². The molecule has 1 heterocycles. The molecule has 0 spiro atoms. The minimum absolute atomic E-state index is 0.360. The Morgan fingerprint density at radius 1 is 1.14 bits per heavy atom. The Hall–Kier alpha value is -1.95. The van der Waals surface area contributed by atoms with E-state index in [2.05, 4.69) is 26.3 Å². The maximum atomic E-state index is 12.1. The van der Waals surface area contributed by atoms with Gasteiger partial charge in [-0.15, -0.1) is 0 Å². The lowest BCUT2D eigenvalue weighted by atomic mass is 10.0. The van der Waals surface area contributed by atoms with Crippen molar-refractivity contribution >= 4 is 44.3 Å². The number of hydrogen-bond donors (Lipinski definition) is 2. The Morgan fingerprint density at radius 3 is 2.55 bits per heavy atom. The van der Waals surface area contributed by atoms with E-state index in [0.29, 0.717) is 21.8 Å². The van der Waals surface area contributed by atoms with Crippen LogP contribution in [0.5, 0.6) is 0 Å². The highest BCUT2D eigenvalue weighted by molar-refractivity contribution is 9.10. The average Bonchev–Trinajstić information content (AvgIpc) is 2.54. The minimum Gasteiger partial charge on any atom is -0.290 e. The molecule has 0 unspecified atom stereocenters. The van der Waals surface area contributed by atoms with E-state index >= 15 is 0 Å². The fraction of sp³-hybridized carbons (Fsp3) is 0. The van der Waals surface area contributed by atoms with E-state index in [-0.39, 0.29) is 5.91 Å². The Kier molecular flexibility index (Phi) is 4.11. The molecule has 0 aliphatic heterocycles. The molecule has 1 amide bonds. The lowest BCUT2D eigenvalue weighted by Gasteiger charge is -2.09. The summed E-state index contributed by atoms with van der Waals surface area (Å²) in [5.41, 5.74) is 4.93. The van der Waals surface area contributed by atoms with Crippen LogP contribution in [0.2, 0.25) is 5.02 Å². The Bertz CT molecular complexity index is 865. The topological polar surface area (TPSA) is 68.0 Å². The van der Waals surface area contributed by atoms with Gasteiger partial charge in [-0.3, -0.25) is 10.2 Å². The molecule has 0 atom stereocenters. The maximum absolute atomic E-state index is 12.1. The number of nitrogens with one attached hydrogen (secondary N) is 1. The average molecular weight is 377 g/mol. The fourth-order valence-electron chi connectivity index (χ4n) is 2.23. The lowest BCUT2D eigenvalue weighted by molar-refractivity contribution is 0.0955. The van der Waals surface area contributed by atoms with E-state index in [1.54, 1.807) is 18.2 Å². The number of amides is 1. The van der Waals surface area contributed by atoms with Crippen LogP contribution in [0.1, 0.15) is 10.4 Å². The molecule has 110 valence electrons. The summed E-state index contributed by atoms with van der Waals surface area (Å²) in [6.07, 6.45) is 0. The van der Waals surface area contributed by atoms with Gasteiger partial charge in [0.15, 0.2) is 0 Å². The minimum atomic E-state index is -0.360. The fourth-order valence-corrected chi connectivity index (χ4v) is 2.72. The highest BCUT2D eigenvalue weighted by atomic mass is 79.9. The first-order chi connectivity index (χ1) is 10.6. The number of nitrogens with two attached hydrogens (primary N) is 1. The second-order valence-electron chi connectivity index (χ2n) is 4.70. The molecule has 0 saturated carbocycles. The van der Waals surface area contributed by atoms with Crippen molar-refractivity contribution in [2.24, 2.45) is 5.84 Å². The predicted molar refractivity (Wildman–Crippen MR) is 91.5 cm³/mol. The van der Waals surface area contributed by atoms with Crippen molar-refractivity contribution in [1.29, 1.82) is 0 Å². The molecule has 0 radical (unpaired) electrons. The number of nitrogen functional groups attached to an aromatic ring is 1. The summed E-state index contributed by atoms with van der Waals surface area (Å²) in [4.78, 5) is 16.7. The molecule has 0 fully saturated rings. The number of carbonyl (C=O) groups excluding carboxylic acids is 1. The molecule has 0 saturated heterocycles. The molecular formula is C16H11BrClN3O. The van der Waals surface area contributed by atoms with Crippen LogP contribution in [0.3, 0.4) is 0 Å². The van der Waals surface area contributed by atoms with Crippen LogP contribution in [0.4, 0.5) is 0 Å². The van der Waals surface area contributed by atoms with Gasteiger partial charge < -0.3 is 0 Å². The third-order valence-corrected chi connectivity index (χ3v) is 4.03. The molecule has 0 aliphatic rings. The molecule has 3 aromatic rings. The number of hydrazine groups is 1.